The summed E-state index contributed by atoms with van der Waals surface area (Å²) in [6, 6.07) is 4.27. The van der Waals surface area contributed by atoms with Crippen molar-refractivity contribution in [1.29, 1.82) is 0 Å². The van der Waals surface area contributed by atoms with Crippen molar-refractivity contribution in [2.75, 3.05) is 14.1 Å². The van der Waals surface area contributed by atoms with Gasteiger partial charge in [-0.05, 0) is 50.7 Å². The number of halogens is 2. The van der Waals surface area contributed by atoms with Crippen molar-refractivity contribution in [3.05, 3.63) is 34.6 Å². The van der Waals surface area contributed by atoms with Gasteiger partial charge in [0, 0.05) is 10.6 Å². The molecule has 1 fully saturated rings. The predicted octanol–water partition coefficient (Wildman–Crippen LogP) is 2.86. The molecule has 1 aliphatic carbocycles. The van der Waals surface area contributed by atoms with Gasteiger partial charge in [0.05, 0.1) is 6.04 Å². The molecule has 3 nitrogen and oxygen atoms in total. The molecule has 0 bridgehead atoms. The lowest BCUT2D eigenvalue weighted by Crippen LogP contribution is -2.53. The average Bonchev–Trinajstić information content (AvgIpc) is 2.85. The van der Waals surface area contributed by atoms with Gasteiger partial charge in [-0.1, -0.05) is 24.4 Å². The second kappa shape index (κ2) is 5.75. The monoisotopic (exact) mass is 285 g/mol. The summed E-state index contributed by atoms with van der Waals surface area (Å²) in [5.41, 5.74) is 3.49. The van der Waals surface area contributed by atoms with Crippen LogP contribution in [-0.2, 0) is 0 Å². The Morgan fingerprint density at radius 1 is 1.37 bits per heavy atom. The molecule has 0 aromatic heterocycles. The van der Waals surface area contributed by atoms with Crippen LogP contribution in [0.15, 0.2) is 18.2 Å². The van der Waals surface area contributed by atoms with Crippen LogP contribution >= 0.6 is 11.6 Å². The maximum atomic E-state index is 13.5. The molecule has 0 heterocycles. The molecule has 1 unspecified atom stereocenters. The van der Waals surface area contributed by atoms with E-state index in [1.54, 1.807) is 6.07 Å². The average molecular weight is 286 g/mol. The summed E-state index contributed by atoms with van der Waals surface area (Å²) in [4.78, 5) is 2.19. The topological polar surface area (TPSA) is 41.3 Å². The molecule has 2 rings (SSSR count). The molecule has 5 heteroatoms. The molecule has 0 spiro atoms. The highest BCUT2D eigenvalue weighted by atomic mass is 35.5. The van der Waals surface area contributed by atoms with Crippen molar-refractivity contribution in [1.82, 2.24) is 10.3 Å². The maximum absolute atomic E-state index is 13.5. The summed E-state index contributed by atoms with van der Waals surface area (Å²) in [5, 5.41) is 0.553. The first-order valence-corrected chi connectivity index (χ1v) is 6.97. The molecule has 19 heavy (non-hydrogen) atoms. The Morgan fingerprint density at radius 3 is 2.53 bits per heavy atom. The molecular formula is C14H21ClFN3. The SMILES string of the molecule is CN(C)C1(C(NN)c2cc(F)ccc2Cl)CCCC1. The van der Waals surface area contributed by atoms with Gasteiger partial charge in [-0.25, -0.2) is 4.39 Å². The predicted molar refractivity (Wildman–Crippen MR) is 76.4 cm³/mol. The summed E-state index contributed by atoms with van der Waals surface area (Å²) in [7, 11) is 4.09. The van der Waals surface area contributed by atoms with E-state index in [2.05, 4.69) is 10.3 Å². The fourth-order valence-corrected chi connectivity index (χ4v) is 3.48. The fraction of sp³-hybridized carbons (Fsp3) is 0.571. The number of nitrogens with one attached hydrogen (secondary N) is 1. The Hall–Kier alpha value is -0.680. The highest BCUT2D eigenvalue weighted by molar-refractivity contribution is 6.31. The number of nitrogens with zero attached hydrogens (tertiary/aromatic N) is 1. The third-order valence-corrected chi connectivity index (χ3v) is 4.68. The van der Waals surface area contributed by atoms with Crippen LogP contribution in [-0.4, -0.2) is 24.5 Å². The minimum Gasteiger partial charge on any atom is -0.302 e. The zero-order valence-corrected chi connectivity index (χ0v) is 12.2. The van der Waals surface area contributed by atoms with E-state index in [4.69, 9.17) is 17.4 Å². The molecule has 0 radical (unpaired) electrons. The third-order valence-electron chi connectivity index (χ3n) is 4.33. The summed E-state index contributed by atoms with van der Waals surface area (Å²) in [6.07, 6.45) is 4.37. The van der Waals surface area contributed by atoms with E-state index in [-0.39, 0.29) is 17.4 Å². The summed E-state index contributed by atoms with van der Waals surface area (Å²) in [5.74, 6) is 5.48. The number of rotatable bonds is 4. The normalized spacial score (nSPS) is 19.9. The molecule has 0 amide bonds. The number of hydrazine groups is 1. The van der Waals surface area contributed by atoms with Crippen LogP contribution in [0.1, 0.15) is 37.3 Å². The van der Waals surface area contributed by atoms with Gasteiger partial charge in [-0.15, -0.1) is 0 Å². The molecule has 0 aliphatic heterocycles. The number of hydrogen-bond donors (Lipinski definition) is 2. The third kappa shape index (κ3) is 2.63. The molecule has 3 N–H and O–H groups in total. The van der Waals surface area contributed by atoms with Gasteiger partial charge in [0.1, 0.15) is 5.82 Å². The summed E-state index contributed by atoms with van der Waals surface area (Å²) >= 11 is 6.23. The number of likely N-dealkylation sites (N-methyl/N-ethyl adjacent to an activating group) is 1. The number of hydrogen-bond acceptors (Lipinski definition) is 3. The zero-order valence-electron chi connectivity index (χ0n) is 11.4. The first-order valence-electron chi connectivity index (χ1n) is 6.60. The van der Waals surface area contributed by atoms with E-state index in [1.165, 1.54) is 12.1 Å². The Morgan fingerprint density at radius 2 is 2.00 bits per heavy atom. The van der Waals surface area contributed by atoms with Gasteiger partial charge in [0.15, 0.2) is 0 Å². The van der Waals surface area contributed by atoms with E-state index in [1.807, 2.05) is 14.1 Å². The van der Waals surface area contributed by atoms with Crippen molar-refractivity contribution in [3.8, 4) is 0 Å². The van der Waals surface area contributed by atoms with Crippen LogP contribution in [0.25, 0.3) is 0 Å². The molecule has 0 saturated heterocycles. The van der Waals surface area contributed by atoms with Gasteiger partial charge < -0.3 is 4.90 Å². The lowest BCUT2D eigenvalue weighted by Gasteiger charge is -2.43. The van der Waals surface area contributed by atoms with Crippen LogP contribution in [0.5, 0.6) is 0 Å². The van der Waals surface area contributed by atoms with Crippen molar-refractivity contribution in [3.63, 3.8) is 0 Å². The van der Waals surface area contributed by atoms with E-state index >= 15 is 0 Å². The standard InChI is InChI=1S/C14H21ClFN3/c1-19(2)14(7-3-4-8-14)13(18-17)11-9-10(16)5-6-12(11)15/h5-6,9,13,18H,3-4,7-8,17H2,1-2H3. The molecule has 1 saturated carbocycles. The van der Waals surface area contributed by atoms with E-state index in [0.717, 1.165) is 31.2 Å². The van der Waals surface area contributed by atoms with Crippen LogP contribution in [0, 0.1) is 5.82 Å². The van der Waals surface area contributed by atoms with Crippen molar-refractivity contribution in [2.45, 2.75) is 37.3 Å². The Balaban J connectivity index is 2.45. The maximum Gasteiger partial charge on any atom is 0.123 e. The molecular weight excluding hydrogens is 265 g/mol. The van der Waals surface area contributed by atoms with Crippen LogP contribution < -0.4 is 11.3 Å². The minimum atomic E-state index is -0.286. The van der Waals surface area contributed by atoms with E-state index in [0.29, 0.717) is 5.02 Å². The lowest BCUT2D eigenvalue weighted by molar-refractivity contribution is 0.104. The highest BCUT2D eigenvalue weighted by Crippen LogP contribution is 2.44. The Bertz CT molecular complexity index is 444. The molecule has 1 aromatic rings. The zero-order chi connectivity index (χ0) is 14.0. The van der Waals surface area contributed by atoms with Gasteiger partial charge in [-0.3, -0.25) is 11.3 Å². The van der Waals surface area contributed by atoms with Gasteiger partial charge >= 0.3 is 0 Å². The Kier molecular flexibility index (Phi) is 4.46. The second-order valence-electron chi connectivity index (χ2n) is 5.47. The van der Waals surface area contributed by atoms with Crippen molar-refractivity contribution >= 4 is 11.6 Å². The highest BCUT2D eigenvalue weighted by Gasteiger charge is 2.44. The van der Waals surface area contributed by atoms with Crippen LogP contribution in [0.4, 0.5) is 4.39 Å². The van der Waals surface area contributed by atoms with Crippen LogP contribution in [0.3, 0.4) is 0 Å². The second-order valence-corrected chi connectivity index (χ2v) is 5.88. The number of benzene rings is 1. The van der Waals surface area contributed by atoms with E-state index < -0.39 is 0 Å². The molecule has 106 valence electrons. The van der Waals surface area contributed by atoms with Crippen molar-refractivity contribution in [2.24, 2.45) is 5.84 Å². The first-order chi connectivity index (χ1) is 9.01. The quantitative estimate of drug-likeness (QED) is 0.660. The van der Waals surface area contributed by atoms with Crippen LogP contribution in [0.2, 0.25) is 5.02 Å². The molecule has 1 atom stereocenters. The smallest absolute Gasteiger partial charge is 0.123 e. The Labute approximate surface area is 118 Å². The van der Waals surface area contributed by atoms with Gasteiger partial charge in [-0.2, -0.15) is 0 Å². The van der Waals surface area contributed by atoms with Crippen molar-refractivity contribution < 1.29 is 4.39 Å². The number of nitrogens with two attached hydrogens (primary N) is 1. The molecule has 1 aliphatic rings. The lowest BCUT2D eigenvalue weighted by atomic mass is 9.82. The minimum absolute atomic E-state index is 0.105. The van der Waals surface area contributed by atoms with E-state index in [9.17, 15) is 4.39 Å². The summed E-state index contributed by atoms with van der Waals surface area (Å²) in [6.45, 7) is 0. The van der Waals surface area contributed by atoms with Gasteiger partial charge in [0.25, 0.3) is 0 Å². The summed E-state index contributed by atoms with van der Waals surface area (Å²) < 4.78 is 13.5. The largest absolute Gasteiger partial charge is 0.302 e. The fourth-order valence-electron chi connectivity index (χ4n) is 3.25. The van der Waals surface area contributed by atoms with Gasteiger partial charge in [0.2, 0.25) is 0 Å². The first kappa shape index (κ1) is 14.7. The molecule has 1 aromatic carbocycles.